The summed E-state index contributed by atoms with van der Waals surface area (Å²) in [5.74, 6) is 1.31. The maximum atomic E-state index is 12.5. The maximum absolute atomic E-state index is 12.5. The Morgan fingerprint density at radius 2 is 2.18 bits per heavy atom. The van der Waals surface area contributed by atoms with Gasteiger partial charge in [0, 0.05) is 42.5 Å². The molecule has 8 nitrogen and oxygen atoms in total. The van der Waals surface area contributed by atoms with Crippen LogP contribution in [0.15, 0.2) is 30.3 Å². The van der Waals surface area contributed by atoms with Crippen molar-refractivity contribution >= 4 is 17.5 Å². The SMILES string of the molecule is COC(=O)C12CCCC1CN(c1cc(C)nc(-c3cccc([N+](=O)[O-])c3)n1)C2. The molecule has 0 bridgehead atoms. The van der Waals surface area contributed by atoms with E-state index >= 15 is 0 Å². The summed E-state index contributed by atoms with van der Waals surface area (Å²) in [6.45, 7) is 3.20. The fourth-order valence-corrected chi connectivity index (χ4v) is 4.60. The van der Waals surface area contributed by atoms with Crippen molar-refractivity contribution in [1.82, 2.24) is 9.97 Å². The number of methoxy groups -OCH3 is 1. The van der Waals surface area contributed by atoms with E-state index in [2.05, 4.69) is 14.9 Å². The van der Waals surface area contributed by atoms with Crippen LogP contribution >= 0.6 is 0 Å². The van der Waals surface area contributed by atoms with E-state index in [1.165, 1.54) is 19.2 Å². The highest BCUT2D eigenvalue weighted by molar-refractivity contribution is 5.79. The zero-order valence-electron chi connectivity index (χ0n) is 15.9. The number of nitrogens with zero attached hydrogens (tertiary/aromatic N) is 4. The molecule has 1 saturated carbocycles. The van der Waals surface area contributed by atoms with Crippen molar-refractivity contribution in [3.8, 4) is 11.4 Å². The number of ether oxygens (including phenoxy) is 1. The molecule has 1 aliphatic carbocycles. The molecule has 8 heteroatoms. The summed E-state index contributed by atoms with van der Waals surface area (Å²) >= 11 is 0. The average Bonchev–Trinajstić information content (AvgIpc) is 3.25. The average molecular weight is 382 g/mol. The van der Waals surface area contributed by atoms with Crippen LogP contribution in [0.3, 0.4) is 0 Å². The molecule has 146 valence electrons. The number of nitro benzene ring substituents is 1. The van der Waals surface area contributed by atoms with E-state index in [4.69, 9.17) is 4.74 Å². The van der Waals surface area contributed by atoms with E-state index in [0.29, 0.717) is 17.9 Å². The first-order valence-corrected chi connectivity index (χ1v) is 9.37. The monoisotopic (exact) mass is 382 g/mol. The molecule has 2 aliphatic rings. The van der Waals surface area contributed by atoms with E-state index in [1.54, 1.807) is 12.1 Å². The molecule has 4 rings (SSSR count). The number of esters is 1. The van der Waals surface area contributed by atoms with Gasteiger partial charge in [-0.15, -0.1) is 0 Å². The highest BCUT2D eigenvalue weighted by Gasteiger charge is 2.55. The smallest absolute Gasteiger partial charge is 0.313 e. The first kappa shape index (κ1) is 18.3. The molecule has 1 aliphatic heterocycles. The highest BCUT2D eigenvalue weighted by atomic mass is 16.6. The lowest BCUT2D eigenvalue weighted by Gasteiger charge is -2.25. The third-order valence-corrected chi connectivity index (χ3v) is 5.94. The summed E-state index contributed by atoms with van der Waals surface area (Å²) in [5.41, 5.74) is 0.917. The third kappa shape index (κ3) is 2.98. The Morgan fingerprint density at radius 3 is 2.93 bits per heavy atom. The fraction of sp³-hybridized carbons (Fsp3) is 0.450. The lowest BCUT2D eigenvalue weighted by Crippen LogP contribution is -2.37. The Morgan fingerprint density at radius 1 is 1.36 bits per heavy atom. The Kier molecular flexibility index (Phi) is 4.49. The van der Waals surface area contributed by atoms with Crippen LogP contribution in [0, 0.1) is 28.4 Å². The molecular formula is C20H22N4O4. The van der Waals surface area contributed by atoms with Crippen molar-refractivity contribution in [3.05, 3.63) is 46.1 Å². The minimum Gasteiger partial charge on any atom is -0.469 e. The number of carbonyl (C=O) groups excluding carboxylic acids is 1. The van der Waals surface area contributed by atoms with E-state index in [-0.39, 0.29) is 17.6 Å². The first-order valence-electron chi connectivity index (χ1n) is 9.37. The van der Waals surface area contributed by atoms with E-state index < -0.39 is 10.3 Å². The van der Waals surface area contributed by atoms with Crippen LogP contribution < -0.4 is 4.90 Å². The minimum absolute atomic E-state index is 0.00417. The van der Waals surface area contributed by atoms with Crippen LogP contribution in [-0.4, -0.2) is 41.1 Å². The van der Waals surface area contributed by atoms with Gasteiger partial charge in [0.2, 0.25) is 0 Å². The largest absolute Gasteiger partial charge is 0.469 e. The second kappa shape index (κ2) is 6.85. The number of benzene rings is 1. The van der Waals surface area contributed by atoms with Crippen LogP contribution in [0.1, 0.15) is 25.0 Å². The number of carbonyl (C=O) groups is 1. The molecule has 0 amide bonds. The minimum atomic E-state index is -0.459. The molecule has 2 fully saturated rings. The lowest BCUT2D eigenvalue weighted by atomic mass is 9.81. The molecule has 0 radical (unpaired) electrons. The summed E-state index contributed by atoms with van der Waals surface area (Å²) in [6.07, 6.45) is 2.88. The van der Waals surface area contributed by atoms with Crippen molar-refractivity contribution in [2.45, 2.75) is 26.2 Å². The van der Waals surface area contributed by atoms with Crippen LogP contribution in [0.2, 0.25) is 0 Å². The Labute approximate surface area is 162 Å². The van der Waals surface area contributed by atoms with Gasteiger partial charge in [0.25, 0.3) is 5.69 Å². The van der Waals surface area contributed by atoms with Crippen LogP contribution in [0.25, 0.3) is 11.4 Å². The Balaban J connectivity index is 1.68. The van der Waals surface area contributed by atoms with Crippen molar-refractivity contribution in [1.29, 1.82) is 0 Å². The second-order valence-corrected chi connectivity index (χ2v) is 7.62. The summed E-state index contributed by atoms with van der Waals surface area (Å²) < 4.78 is 5.11. The molecule has 0 spiro atoms. The number of fused-ring (bicyclic) bond motifs is 1. The maximum Gasteiger partial charge on any atom is 0.313 e. The Hall–Kier alpha value is -3.03. The number of aryl methyl sites for hydroxylation is 1. The molecular weight excluding hydrogens is 360 g/mol. The lowest BCUT2D eigenvalue weighted by molar-refractivity contribution is -0.384. The van der Waals surface area contributed by atoms with Gasteiger partial charge in [-0.05, 0) is 25.7 Å². The standard InChI is InChI=1S/C20H22N4O4/c1-13-9-17(22-18(21-13)14-5-3-7-16(10-14)24(26)27)23-11-15-6-4-8-20(15,12-23)19(25)28-2/h3,5,7,9-10,15H,4,6,8,11-12H2,1-2H3. The molecule has 1 aromatic heterocycles. The molecule has 2 heterocycles. The van der Waals surface area contributed by atoms with Crippen molar-refractivity contribution in [2.24, 2.45) is 11.3 Å². The molecule has 2 atom stereocenters. The summed E-state index contributed by atoms with van der Waals surface area (Å²) in [6, 6.07) is 8.22. The molecule has 1 saturated heterocycles. The predicted molar refractivity (Wildman–Crippen MR) is 103 cm³/mol. The fourth-order valence-electron chi connectivity index (χ4n) is 4.60. The van der Waals surface area contributed by atoms with E-state index in [0.717, 1.165) is 37.3 Å². The number of anilines is 1. The van der Waals surface area contributed by atoms with Gasteiger partial charge in [0.15, 0.2) is 5.82 Å². The number of rotatable bonds is 4. The molecule has 2 unspecified atom stereocenters. The van der Waals surface area contributed by atoms with Gasteiger partial charge in [-0.3, -0.25) is 14.9 Å². The van der Waals surface area contributed by atoms with Gasteiger partial charge < -0.3 is 9.64 Å². The second-order valence-electron chi connectivity index (χ2n) is 7.62. The summed E-state index contributed by atoms with van der Waals surface area (Å²) in [5, 5.41) is 11.1. The molecule has 2 aromatic rings. The normalized spacial score (nSPS) is 23.5. The molecule has 0 N–H and O–H groups in total. The number of hydrogen-bond donors (Lipinski definition) is 0. The van der Waals surface area contributed by atoms with Gasteiger partial charge in [-0.2, -0.15) is 0 Å². The van der Waals surface area contributed by atoms with Crippen molar-refractivity contribution < 1.29 is 14.5 Å². The van der Waals surface area contributed by atoms with E-state index in [9.17, 15) is 14.9 Å². The van der Waals surface area contributed by atoms with Crippen LogP contribution in [-0.2, 0) is 9.53 Å². The Bertz CT molecular complexity index is 948. The van der Waals surface area contributed by atoms with Gasteiger partial charge in [-0.1, -0.05) is 18.6 Å². The molecule has 28 heavy (non-hydrogen) atoms. The zero-order valence-corrected chi connectivity index (χ0v) is 15.9. The predicted octanol–water partition coefficient (Wildman–Crippen LogP) is 3.14. The number of non-ortho nitro benzene ring substituents is 1. The van der Waals surface area contributed by atoms with Crippen LogP contribution in [0.5, 0.6) is 0 Å². The van der Waals surface area contributed by atoms with Crippen molar-refractivity contribution in [3.63, 3.8) is 0 Å². The van der Waals surface area contributed by atoms with Gasteiger partial charge in [0.1, 0.15) is 5.82 Å². The van der Waals surface area contributed by atoms with Crippen molar-refractivity contribution in [2.75, 3.05) is 25.1 Å². The third-order valence-electron chi connectivity index (χ3n) is 5.94. The summed E-state index contributed by atoms with van der Waals surface area (Å²) in [4.78, 5) is 34.4. The number of aromatic nitrogens is 2. The quantitative estimate of drug-likeness (QED) is 0.455. The van der Waals surface area contributed by atoms with Gasteiger partial charge in [0.05, 0.1) is 17.4 Å². The molecule has 1 aromatic carbocycles. The van der Waals surface area contributed by atoms with Gasteiger partial charge in [-0.25, -0.2) is 9.97 Å². The number of nitro groups is 1. The topological polar surface area (TPSA) is 98.5 Å². The van der Waals surface area contributed by atoms with Crippen LogP contribution in [0.4, 0.5) is 11.5 Å². The first-order chi connectivity index (χ1) is 13.4. The van der Waals surface area contributed by atoms with E-state index in [1.807, 2.05) is 13.0 Å². The highest BCUT2D eigenvalue weighted by Crippen LogP contribution is 2.50. The van der Waals surface area contributed by atoms with Gasteiger partial charge >= 0.3 is 5.97 Å². The summed E-state index contributed by atoms with van der Waals surface area (Å²) in [7, 11) is 1.45. The number of hydrogen-bond acceptors (Lipinski definition) is 7. The zero-order chi connectivity index (χ0) is 19.9.